The maximum atomic E-state index is 12.1. The Labute approximate surface area is 121 Å². The Hall–Kier alpha value is -1.06. The molecular weight excluding hydrogens is 260 g/mol. The van der Waals surface area contributed by atoms with Gasteiger partial charge < -0.3 is 10.6 Å². The quantitative estimate of drug-likeness (QED) is 0.895. The molecule has 0 spiro atoms. The highest BCUT2D eigenvalue weighted by Gasteiger charge is 2.21. The van der Waals surface area contributed by atoms with Gasteiger partial charge in [-0.05, 0) is 38.8 Å². The number of aryl methyl sites for hydroxylation is 1. The molecule has 2 atom stereocenters. The van der Waals surface area contributed by atoms with Gasteiger partial charge in [0.1, 0.15) is 0 Å². The summed E-state index contributed by atoms with van der Waals surface area (Å²) in [5, 5.41) is 6.36. The van der Waals surface area contributed by atoms with Crippen molar-refractivity contribution in [3.8, 4) is 0 Å². The number of hydrogen-bond donors (Lipinski definition) is 2. The molecule has 4 heteroatoms. The molecule has 2 rings (SSSR count). The molecule has 0 bridgehead atoms. The molecule has 1 amide bonds. The normalized spacial score (nSPS) is 20.2. The summed E-state index contributed by atoms with van der Waals surface area (Å²) in [6.07, 6.45) is 3.27. The van der Waals surface area contributed by atoms with Crippen LogP contribution in [0.25, 0.3) is 0 Å². The van der Waals surface area contributed by atoms with Crippen LogP contribution in [0.1, 0.15) is 43.4 Å². The van der Waals surface area contributed by atoms with Crippen molar-refractivity contribution >= 4 is 18.3 Å². The van der Waals surface area contributed by atoms with Crippen LogP contribution in [0, 0.1) is 6.92 Å². The first kappa shape index (κ1) is 16.0. The van der Waals surface area contributed by atoms with Gasteiger partial charge in [0, 0.05) is 0 Å². The van der Waals surface area contributed by atoms with Crippen molar-refractivity contribution in [1.29, 1.82) is 0 Å². The lowest BCUT2D eigenvalue weighted by Crippen LogP contribution is -2.47. The number of hydrogen-bond acceptors (Lipinski definition) is 2. The second-order valence-electron chi connectivity index (χ2n) is 5.14. The smallest absolute Gasteiger partial charge is 0.237 e. The van der Waals surface area contributed by atoms with Gasteiger partial charge in [-0.15, -0.1) is 12.4 Å². The molecule has 2 N–H and O–H groups in total. The van der Waals surface area contributed by atoms with Gasteiger partial charge in [-0.1, -0.05) is 36.2 Å². The van der Waals surface area contributed by atoms with Crippen LogP contribution >= 0.6 is 12.4 Å². The fraction of sp³-hybridized carbons (Fsp3) is 0.533. The minimum Gasteiger partial charge on any atom is -0.348 e. The van der Waals surface area contributed by atoms with Crippen molar-refractivity contribution in [3.63, 3.8) is 0 Å². The number of amides is 1. The number of halogens is 1. The molecule has 1 aromatic carbocycles. The zero-order valence-electron chi connectivity index (χ0n) is 11.6. The fourth-order valence-electron chi connectivity index (χ4n) is 2.33. The van der Waals surface area contributed by atoms with Crippen molar-refractivity contribution < 1.29 is 4.79 Å². The first-order valence-electron chi connectivity index (χ1n) is 6.77. The highest BCUT2D eigenvalue weighted by molar-refractivity contribution is 5.85. The van der Waals surface area contributed by atoms with Crippen LogP contribution in [0.4, 0.5) is 0 Å². The summed E-state index contributed by atoms with van der Waals surface area (Å²) >= 11 is 0. The molecule has 1 unspecified atom stereocenters. The third kappa shape index (κ3) is 4.51. The number of rotatable bonds is 3. The van der Waals surface area contributed by atoms with Crippen LogP contribution in [-0.4, -0.2) is 18.5 Å². The maximum absolute atomic E-state index is 12.1. The summed E-state index contributed by atoms with van der Waals surface area (Å²) in [4.78, 5) is 12.1. The summed E-state index contributed by atoms with van der Waals surface area (Å²) in [5.74, 6) is 0.128. The van der Waals surface area contributed by atoms with Gasteiger partial charge in [0.15, 0.2) is 0 Å². The average Bonchev–Trinajstić information content (AvgIpc) is 2.40. The fourth-order valence-corrected chi connectivity index (χ4v) is 2.33. The summed E-state index contributed by atoms with van der Waals surface area (Å²) in [6.45, 7) is 5.06. The number of benzene rings is 1. The zero-order chi connectivity index (χ0) is 13.0. The Bertz CT molecular complexity index is 399. The standard InChI is InChI=1S/C15H22N2O.ClH/c1-11-6-8-13(9-7-11)12(2)17-15(18)14-5-3-4-10-16-14;/h6-9,12,14,16H,3-5,10H2,1-2H3,(H,17,18);1H/t12?,14-;/m0./s1. The molecule has 0 radical (unpaired) electrons. The van der Waals surface area contributed by atoms with Crippen molar-refractivity contribution in [2.45, 2.75) is 45.2 Å². The molecule has 1 fully saturated rings. The van der Waals surface area contributed by atoms with Crippen molar-refractivity contribution in [3.05, 3.63) is 35.4 Å². The molecule has 19 heavy (non-hydrogen) atoms. The van der Waals surface area contributed by atoms with E-state index in [0.29, 0.717) is 0 Å². The third-order valence-corrected chi connectivity index (χ3v) is 3.56. The van der Waals surface area contributed by atoms with Crippen LogP contribution in [0.5, 0.6) is 0 Å². The molecular formula is C15H23ClN2O. The van der Waals surface area contributed by atoms with Gasteiger partial charge in [0.05, 0.1) is 12.1 Å². The lowest BCUT2D eigenvalue weighted by Gasteiger charge is -2.24. The molecule has 1 aliphatic heterocycles. The van der Waals surface area contributed by atoms with Crippen LogP contribution in [-0.2, 0) is 4.79 Å². The minimum atomic E-state index is -0.00773. The Morgan fingerprint density at radius 2 is 2.00 bits per heavy atom. The van der Waals surface area contributed by atoms with E-state index < -0.39 is 0 Å². The summed E-state index contributed by atoms with van der Waals surface area (Å²) in [6, 6.07) is 8.38. The lowest BCUT2D eigenvalue weighted by molar-refractivity contribution is -0.124. The minimum absolute atomic E-state index is 0. The van der Waals surface area contributed by atoms with Gasteiger partial charge in [0.25, 0.3) is 0 Å². The maximum Gasteiger partial charge on any atom is 0.237 e. The predicted octanol–water partition coefficient (Wildman–Crippen LogP) is 2.74. The van der Waals surface area contributed by atoms with E-state index in [9.17, 15) is 4.79 Å². The topological polar surface area (TPSA) is 41.1 Å². The van der Waals surface area contributed by atoms with Crippen molar-refractivity contribution in [1.82, 2.24) is 10.6 Å². The van der Waals surface area contributed by atoms with Crippen LogP contribution in [0.2, 0.25) is 0 Å². The molecule has 0 aliphatic carbocycles. The molecule has 0 saturated carbocycles. The van der Waals surface area contributed by atoms with E-state index in [1.807, 2.05) is 6.92 Å². The first-order chi connectivity index (χ1) is 8.66. The van der Waals surface area contributed by atoms with E-state index in [-0.39, 0.29) is 30.4 Å². The van der Waals surface area contributed by atoms with E-state index >= 15 is 0 Å². The highest BCUT2D eigenvalue weighted by Crippen LogP contribution is 2.14. The number of carbonyl (C=O) groups is 1. The molecule has 1 saturated heterocycles. The molecule has 0 aromatic heterocycles. The highest BCUT2D eigenvalue weighted by atomic mass is 35.5. The zero-order valence-corrected chi connectivity index (χ0v) is 12.4. The predicted molar refractivity (Wildman–Crippen MR) is 80.6 cm³/mol. The summed E-state index contributed by atoms with van der Waals surface area (Å²) in [7, 11) is 0. The van der Waals surface area contributed by atoms with Gasteiger partial charge in [0.2, 0.25) is 5.91 Å². The third-order valence-electron chi connectivity index (χ3n) is 3.56. The van der Waals surface area contributed by atoms with Crippen LogP contribution in [0.15, 0.2) is 24.3 Å². The van der Waals surface area contributed by atoms with E-state index in [1.54, 1.807) is 0 Å². The van der Waals surface area contributed by atoms with Gasteiger partial charge >= 0.3 is 0 Å². The Morgan fingerprint density at radius 1 is 1.32 bits per heavy atom. The molecule has 106 valence electrons. The van der Waals surface area contributed by atoms with E-state index in [2.05, 4.69) is 41.8 Å². The Balaban J connectivity index is 0.00000180. The number of carbonyl (C=O) groups excluding carboxylic acids is 1. The number of nitrogens with one attached hydrogen (secondary N) is 2. The molecule has 3 nitrogen and oxygen atoms in total. The largest absolute Gasteiger partial charge is 0.348 e. The first-order valence-corrected chi connectivity index (χ1v) is 6.77. The molecule has 1 heterocycles. The van der Waals surface area contributed by atoms with Crippen molar-refractivity contribution in [2.24, 2.45) is 0 Å². The van der Waals surface area contributed by atoms with Crippen molar-refractivity contribution in [2.75, 3.05) is 6.54 Å². The SMILES string of the molecule is Cc1ccc(C(C)NC(=O)[C@@H]2CCCCN2)cc1.Cl. The van der Waals surface area contributed by atoms with Gasteiger partial charge in [-0.25, -0.2) is 0 Å². The summed E-state index contributed by atoms with van der Waals surface area (Å²) in [5.41, 5.74) is 2.40. The molecule has 1 aliphatic rings. The second-order valence-corrected chi connectivity index (χ2v) is 5.14. The van der Waals surface area contributed by atoms with Crippen LogP contribution in [0.3, 0.4) is 0 Å². The van der Waals surface area contributed by atoms with E-state index in [1.165, 1.54) is 12.0 Å². The number of piperidine rings is 1. The van der Waals surface area contributed by atoms with Gasteiger partial charge in [-0.3, -0.25) is 4.79 Å². The average molecular weight is 283 g/mol. The van der Waals surface area contributed by atoms with Gasteiger partial charge in [-0.2, -0.15) is 0 Å². The van der Waals surface area contributed by atoms with Crippen LogP contribution < -0.4 is 10.6 Å². The van der Waals surface area contributed by atoms with E-state index in [4.69, 9.17) is 0 Å². The van der Waals surface area contributed by atoms with E-state index in [0.717, 1.165) is 24.9 Å². The Morgan fingerprint density at radius 3 is 2.58 bits per heavy atom. The lowest BCUT2D eigenvalue weighted by atomic mass is 10.0. The monoisotopic (exact) mass is 282 g/mol. The summed E-state index contributed by atoms with van der Waals surface area (Å²) < 4.78 is 0. The Kier molecular flexibility index (Phi) is 6.32. The second kappa shape index (κ2) is 7.51. The molecule has 1 aromatic rings.